The predicted octanol–water partition coefficient (Wildman–Crippen LogP) is 4.37. The zero-order valence-electron chi connectivity index (χ0n) is 10.4. The smallest absolute Gasteiger partial charge is 0.162 e. The van der Waals surface area contributed by atoms with Crippen molar-refractivity contribution in [1.29, 1.82) is 0 Å². The van der Waals surface area contributed by atoms with Crippen molar-refractivity contribution in [2.45, 2.75) is 39.2 Å². The van der Waals surface area contributed by atoms with Gasteiger partial charge in [-0.1, -0.05) is 20.8 Å². The third kappa shape index (κ3) is 4.72. The average molecular weight is 241 g/mol. The van der Waals surface area contributed by atoms with E-state index in [0.29, 0.717) is 11.7 Å². The first-order chi connectivity index (χ1) is 8.02. The first-order valence-electron chi connectivity index (χ1n) is 5.94. The lowest BCUT2D eigenvalue weighted by molar-refractivity contribution is 0.164. The fourth-order valence-corrected chi connectivity index (χ4v) is 1.72. The molecule has 0 bridgehead atoms. The Hall–Kier alpha value is -1.12. The highest BCUT2D eigenvalue weighted by molar-refractivity contribution is 5.23. The van der Waals surface area contributed by atoms with Crippen LogP contribution in [0.5, 0.6) is 5.75 Å². The van der Waals surface area contributed by atoms with Gasteiger partial charge in [0.15, 0.2) is 11.6 Å². The number of benzene rings is 1. The van der Waals surface area contributed by atoms with Gasteiger partial charge in [0.25, 0.3) is 0 Å². The maximum Gasteiger partial charge on any atom is 0.162 e. The molecule has 1 rings (SSSR count). The Kier molecular flexibility index (Phi) is 5.39. The van der Waals surface area contributed by atoms with Gasteiger partial charge >= 0.3 is 0 Å². The van der Waals surface area contributed by atoms with Crippen molar-refractivity contribution in [3.8, 4) is 5.75 Å². The van der Waals surface area contributed by atoms with E-state index in [1.165, 1.54) is 6.07 Å². The van der Waals surface area contributed by atoms with Gasteiger partial charge in [-0.25, -0.2) is 8.78 Å². The molecule has 17 heavy (non-hydrogen) atoms. The highest BCUT2D eigenvalue weighted by atomic mass is 19.2. The molecule has 0 saturated carbocycles. The highest BCUT2D eigenvalue weighted by Gasteiger charge is 2.13. The third-order valence-electron chi connectivity index (χ3n) is 2.45. The minimum Gasteiger partial charge on any atom is -0.490 e. The summed E-state index contributed by atoms with van der Waals surface area (Å²) in [5.41, 5.74) is 0. The molecule has 0 spiro atoms. The van der Waals surface area contributed by atoms with Crippen LogP contribution in [0.3, 0.4) is 0 Å². The molecule has 1 aromatic rings. The fraction of sp³-hybridized carbons (Fsp3) is 0.500. The van der Waals surface area contributed by atoms with Gasteiger partial charge in [-0.05, 0) is 37.3 Å². The Balaban J connectivity index is 2.67. The average Bonchev–Trinajstić information content (AvgIpc) is 2.23. The standard InChI is InChI=1S/C14H19F2O/c1-4-5-11(8-10(2)3)17-12-6-7-13(15)14(16)9-12/h6-7,9-11H,1,4-5,8H2,2-3H3. The largest absolute Gasteiger partial charge is 0.490 e. The van der Waals surface area contributed by atoms with Gasteiger partial charge in [-0.2, -0.15) is 0 Å². The lowest BCUT2D eigenvalue weighted by Crippen LogP contribution is -2.18. The Labute approximate surface area is 102 Å². The number of ether oxygens (including phenoxy) is 1. The van der Waals surface area contributed by atoms with Gasteiger partial charge in [0.1, 0.15) is 5.75 Å². The van der Waals surface area contributed by atoms with Crippen LogP contribution in [-0.4, -0.2) is 6.10 Å². The van der Waals surface area contributed by atoms with E-state index >= 15 is 0 Å². The van der Waals surface area contributed by atoms with Crippen LogP contribution in [0, 0.1) is 24.5 Å². The second-order valence-corrected chi connectivity index (χ2v) is 4.59. The molecule has 0 aromatic heterocycles. The molecule has 0 saturated heterocycles. The van der Waals surface area contributed by atoms with E-state index in [0.717, 1.165) is 31.4 Å². The lowest BCUT2D eigenvalue weighted by atomic mass is 10.0. The van der Waals surface area contributed by atoms with Crippen LogP contribution in [0.2, 0.25) is 0 Å². The van der Waals surface area contributed by atoms with Gasteiger partial charge in [0.2, 0.25) is 0 Å². The number of hydrogen-bond acceptors (Lipinski definition) is 1. The van der Waals surface area contributed by atoms with Crippen LogP contribution in [0.15, 0.2) is 18.2 Å². The Morgan fingerprint density at radius 2 is 1.94 bits per heavy atom. The van der Waals surface area contributed by atoms with E-state index in [-0.39, 0.29) is 6.10 Å². The molecule has 0 aliphatic rings. The molecule has 1 aromatic carbocycles. The van der Waals surface area contributed by atoms with Crippen molar-refractivity contribution in [3.05, 3.63) is 36.8 Å². The summed E-state index contributed by atoms with van der Waals surface area (Å²) < 4.78 is 31.4. The summed E-state index contributed by atoms with van der Waals surface area (Å²) in [4.78, 5) is 0. The number of halogens is 2. The molecule has 0 amide bonds. The summed E-state index contributed by atoms with van der Waals surface area (Å²) in [6.45, 7) is 8.00. The predicted molar refractivity (Wildman–Crippen MR) is 64.8 cm³/mol. The van der Waals surface area contributed by atoms with Crippen molar-refractivity contribution < 1.29 is 13.5 Å². The maximum absolute atomic E-state index is 13.0. The number of hydrogen-bond donors (Lipinski definition) is 0. The Bertz CT molecular complexity index is 350. The van der Waals surface area contributed by atoms with Crippen molar-refractivity contribution >= 4 is 0 Å². The van der Waals surface area contributed by atoms with E-state index in [9.17, 15) is 8.78 Å². The summed E-state index contributed by atoms with van der Waals surface area (Å²) in [5.74, 6) is -0.852. The van der Waals surface area contributed by atoms with E-state index in [1.54, 1.807) is 0 Å². The minimum atomic E-state index is -0.875. The van der Waals surface area contributed by atoms with Crippen LogP contribution in [-0.2, 0) is 0 Å². The van der Waals surface area contributed by atoms with Gasteiger partial charge in [-0.3, -0.25) is 0 Å². The lowest BCUT2D eigenvalue weighted by Gasteiger charge is -2.20. The molecule has 0 fully saturated rings. The van der Waals surface area contributed by atoms with Crippen LogP contribution in [0.1, 0.15) is 33.1 Å². The maximum atomic E-state index is 13.0. The molecule has 0 N–H and O–H groups in total. The normalized spacial score (nSPS) is 12.8. The third-order valence-corrected chi connectivity index (χ3v) is 2.45. The van der Waals surface area contributed by atoms with Crippen molar-refractivity contribution in [3.63, 3.8) is 0 Å². The van der Waals surface area contributed by atoms with E-state index < -0.39 is 11.6 Å². The van der Waals surface area contributed by atoms with Crippen LogP contribution >= 0.6 is 0 Å². The summed E-state index contributed by atoms with van der Waals surface area (Å²) >= 11 is 0. The minimum absolute atomic E-state index is 0.0114. The number of rotatable bonds is 6. The SMILES string of the molecule is [CH2]CCC(CC(C)C)Oc1ccc(F)c(F)c1. The molecule has 0 aliphatic heterocycles. The molecular weight excluding hydrogens is 222 g/mol. The molecule has 95 valence electrons. The summed E-state index contributed by atoms with van der Waals surface area (Å²) in [6.07, 6.45) is 2.48. The first-order valence-corrected chi connectivity index (χ1v) is 5.94. The topological polar surface area (TPSA) is 9.23 Å². The summed E-state index contributed by atoms with van der Waals surface area (Å²) in [7, 11) is 0. The molecule has 1 nitrogen and oxygen atoms in total. The van der Waals surface area contributed by atoms with E-state index in [1.807, 2.05) is 0 Å². The zero-order chi connectivity index (χ0) is 12.8. The van der Waals surface area contributed by atoms with Crippen molar-refractivity contribution in [2.24, 2.45) is 5.92 Å². The van der Waals surface area contributed by atoms with Crippen LogP contribution < -0.4 is 4.74 Å². The highest BCUT2D eigenvalue weighted by Crippen LogP contribution is 2.21. The Morgan fingerprint density at radius 3 is 2.47 bits per heavy atom. The monoisotopic (exact) mass is 241 g/mol. The first kappa shape index (κ1) is 13.9. The molecule has 0 heterocycles. The second kappa shape index (κ2) is 6.58. The quantitative estimate of drug-likeness (QED) is 0.718. The van der Waals surface area contributed by atoms with Gasteiger partial charge in [0.05, 0.1) is 6.10 Å². The van der Waals surface area contributed by atoms with Crippen molar-refractivity contribution in [1.82, 2.24) is 0 Å². The molecule has 0 aliphatic carbocycles. The molecule has 1 atom stereocenters. The van der Waals surface area contributed by atoms with Gasteiger partial charge < -0.3 is 4.74 Å². The molecule has 1 radical (unpaired) electrons. The van der Waals surface area contributed by atoms with Crippen LogP contribution in [0.25, 0.3) is 0 Å². The molecule has 1 unspecified atom stereocenters. The fourth-order valence-electron chi connectivity index (χ4n) is 1.72. The van der Waals surface area contributed by atoms with Gasteiger partial charge in [-0.15, -0.1) is 0 Å². The molecular formula is C14H19F2O. The van der Waals surface area contributed by atoms with Gasteiger partial charge in [0, 0.05) is 6.07 Å². The summed E-state index contributed by atoms with van der Waals surface area (Å²) in [5, 5.41) is 0. The van der Waals surface area contributed by atoms with Crippen LogP contribution in [0.4, 0.5) is 8.78 Å². The van der Waals surface area contributed by atoms with E-state index in [4.69, 9.17) is 4.74 Å². The van der Waals surface area contributed by atoms with E-state index in [2.05, 4.69) is 20.8 Å². The second-order valence-electron chi connectivity index (χ2n) is 4.59. The summed E-state index contributed by atoms with van der Waals surface area (Å²) in [6, 6.07) is 3.63. The Morgan fingerprint density at radius 1 is 1.24 bits per heavy atom. The van der Waals surface area contributed by atoms with Crippen molar-refractivity contribution in [2.75, 3.05) is 0 Å². The zero-order valence-corrected chi connectivity index (χ0v) is 10.4. The molecule has 3 heteroatoms.